The molecular formula is C8H12F3N3S2. The van der Waals surface area contributed by atoms with Crippen LogP contribution in [0.4, 0.5) is 18.3 Å². The fourth-order valence-corrected chi connectivity index (χ4v) is 1.59. The molecule has 0 radical (unpaired) electrons. The van der Waals surface area contributed by atoms with Gasteiger partial charge in [0.25, 0.3) is 0 Å². The van der Waals surface area contributed by atoms with Crippen LogP contribution in [-0.4, -0.2) is 27.7 Å². The number of hydrogen-bond donors (Lipinski definition) is 1. The van der Waals surface area contributed by atoms with Gasteiger partial charge >= 0.3 is 6.18 Å². The first-order valence-electron chi connectivity index (χ1n) is 4.44. The van der Waals surface area contributed by atoms with Crippen molar-refractivity contribution in [3.63, 3.8) is 0 Å². The number of rotatable bonds is 4. The van der Waals surface area contributed by atoms with E-state index in [4.69, 9.17) is 0 Å². The molecule has 0 spiro atoms. The summed E-state index contributed by atoms with van der Waals surface area (Å²) < 4.78 is 36.6. The fraction of sp³-hybridized carbons (Fsp3) is 0.750. The van der Waals surface area contributed by atoms with Crippen molar-refractivity contribution in [1.82, 2.24) is 10.2 Å². The van der Waals surface area contributed by atoms with E-state index >= 15 is 0 Å². The van der Waals surface area contributed by atoms with Crippen molar-refractivity contribution in [2.75, 3.05) is 18.1 Å². The highest BCUT2D eigenvalue weighted by atomic mass is 32.2. The quantitative estimate of drug-likeness (QED) is 0.913. The van der Waals surface area contributed by atoms with Crippen LogP contribution < -0.4 is 5.32 Å². The van der Waals surface area contributed by atoms with Crippen LogP contribution >= 0.6 is 23.1 Å². The van der Waals surface area contributed by atoms with Crippen molar-refractivity contribution in [2.45, 2.75) is 24.8 Å². The van der Waals surface area contributed by atoms with Gasteiger partial charge in [0.05, 0.1) is 0 Å². The normalized spacial score (nSPS) is 12.9. The van der Waals surface area contributed by atoms with E-state index in [9.17, 15) is 13.2 Å². The molecule has 0 aliphatic heterocycles. The molecule has 0 saturated heterocycles. The first-order valence-corrected chi connectivity index (χ1v) is 6.48. The Labute approximate surface area is 99.8 Å². The maximum atomic E-state index is 12.2. The summed E-state index contributed by atoms with van der Waals surface area (Å²) in [6.45, 7) is 4.54. The summed E-state index contributed by atoms with van der Waals surface area (Å²) in [6.07, 6.45) is -2.46. The molecule has 0 unspecified atom stereocenters. The van der Waals surface area contributed by atoms with Gasteiger partial charge in [0, 0.05) is 11.3 Å². The highest BCUT2D eigenvalue weighted by Crippen LogP contribution is 2.33. The highest BCUT2D eigenvalue weighted by Gasteiger charge is 2.35. The molecule has 0 aromatic carbocycles. The van der Waals surface area contributed by atoms with Gasteiger partial charge in [-0.2, -0.15) is 24.9 Å². The molecule has 0 amide bonds. The SMILES string of the molecule is CSC(C)(C)CNc1nnc(C(F)(F)F)s1. The van der Waals surface area contributed by atoms with Gasteiger partial charge < -0.3 is 5.32 Å². The summed E-state index contributed by atoms with van der Waals surface area (Å²) in [5.74, 6) is 0. The number of thioether (sulfide) groups is 1. The Morgan fingerprint density at radius 3 is 2.38 bits per heavy atom. The van der Waals surface area contributed by atoms with Crippen molar-refractivity contribution in [2.24, 2.45) is 0 Å². The lowest BCUT2D eigenvalue weighted by atomic mass is 10.2. The third kappa shape index (κ3) is 3.82. The largest absolute Gasteiger partial charge is 0.445 e. The Morgan fingerprint density at radius 1 is 1.31 bits per heavy atom. The predicted octanol–water partition coefficient (Wildman–Crippen LogP) is 3.11. The van der Waals surface area contributed by atoms with Gasteiger partial charge in [-0.25, -0.2) is 0 Å². The fourth-order valence-electron chi connectivity index (χ4n) is 0.770. The van der Waals surface area contributed by atoms with E-state index in [0.29, 0.717) is 17.9 Å². The molecule has 1 heterocycles. The third-order valence-electron chi connectivity index (χ3n) is 1.89. The lowest BCUT2D eigenvalue weighted by molar-refractivity contribution is -0.138. The van der Waals surface area contributed by atoms with Crippen molar-refractivity contribution in [1.29, 1.82) is 0 Å². The Bertz CT molecular complexity index is 349. The summed E-state index contributed by atoms with van der Waals surface area (Å²) in [5.41, 5.74) is 0. The van der Waals surface area contributed by atoms with Crippen molar-refractivity contribution in [3.05, 3.63) is 5.01 Å². The van der Waals surface area contributed by atoms with E-state index in [1.54, 1.807) is 11.8 Å². The molecule has 0 aliphatic rings. The van der Waals surface area contributed by atoms with Crippen LogP contribution in [0.3, 0.4) is 0 Å². The van der Waals surface area contributed by atoms with E-state index in [2.05, 4.69) is 15.5 Å². The van der Waals surface area contributed by atoms with E-state index in [1.165, 1.54) is 0 Å². The Hall–Kier alpha value is -0.500. The van der Waals surface area contributed by atoms with E-state index in [0.717, 1.165) is 0 Å². The maximum absolute atomic E-state index is 12.2. The van der Waals surface area contributed by atoms with E-state index in [1.807, 2.05) is 20.1 Å². The first kappa shape index (κ1) is 13.6. The number of nitrogens with zero attached hydrogens (tertiary/aromatic N) is 2. The molecule has 16 heavy (non-hydrogen) atoms. The maximum Gasteiger partial charge on any atom is 0.445 e. The van der Waals surface area contributed by atoms with Crippen LogP contribution in [0.25, 0.3) is 0 Å². The molecule has 1 rings (SSSR count). The van der Waals surface area contributed by atoms with Crippen molar-refractivity contribution < 1.29 is 13.2 Å². The second-order valence-corrected chi connectivity index (χ2v) is 6.22. The molecule has 92 valence electrons. The summed E-state index contributed by atoms with van der Waals surface area (Å²) in [5, 5.41) is 8.67. The lowest BCUT2D eigenvalue weighted by Crippen LogP contribution is -2.25. The van der Waals surface area contributed by atoms with Crippen molar-refractivity contribution in [3.8, 4) is 0 Å². The zero-order chi connectivity index (χ0) is 12.4. The molecular weight excluding hydrogens is 259 g/mol. The topological polar surface area (TPSA) is 37.8 Å². The Kier molecular flexibility index (Phi) is 4.06. The van der Waals surface area contributed by atoms with Crippen LogP contribution in [0, 0.1) is 0 Å². The van der Waals surface area contributed by atoms with E-state index < -0.39 is 11.2 Å². The number of aromatic nitrogens is 2. The first-order chi connectivity index (χ1) is 7.24. The average Bonchev–Trinajstić information content (AvgIpc) is 2.63. The number of alkyl halides is 3. The highest BCUT2D eigenvalue weighted by molar-refractivity contribution is 7.99. The number of hydrogen-bond acceptors (Lipinski definition) is 5. The standard InChI is InChI=1S/C8H12F3N3S2/c1-7(2,15-3)4-12-6-14-13-5(16-6)8(9,10)11/h4H2,1-3H3,(H,12,14). The molecule has 1 aromatic rings. The minimum absolute atomic E-state index is 0.0515. The molecule has 1 aromatic heterocycles. The molecule has 8 heteroatoms. The number of anilines is 1. The minimum atomic E-state index is -4.41. The number of nitrogens with one attached hydrogen (secondary N) is 1. The Balaban J connectivity index is 2.60. The predicted molar refractivity (Wildman–Crippen MR) is 61.0 cm³/mol. The second-order valence-electron chi connectivity index (χ2n) is 3.73. The summed E-state index contributed by atoms with van der Waals surface area (Å²) in [4.78, 5) is 0. The summed E-state index contributed by atoms with van der Waals surface area (Å²) in [6, 6.07) is 0. The van der Waals surface area contributed by atoms with Crippen LogP contribution in [0.1, 0.15) is 18.9 Å². The van der Waals surface area contributed by atoms with Crippen LogP contribution in [-0.2, 0) is 6.18 Å². The van der Waals surface area contributed by atoms with Gasteiger partial charge in [0.1, 0.15) is 0 Å². The second kappa shape index (κ2) is 4.79. The van der Waals surface area contributed by atoms with Gasteiger partial charge in [-0.05, 0) is 20.1 Å². The van der Waals surface area contributed by atoms with Gasteiger partial charge in [-0.15, -0.1) is 10.2 Å². The smallest absolute Gasteiger partial charge is 0.359 e. The van der Waals surface area contributed by atoms with Crippen LogP contribution in [0.15, 0.2) is 0 Å². The van der Waals surface area contributed by atoms with Crippen LogP contribution in [0.2, 0.25) is 0 Å². The zero-order valence-corrected chi connectivity index (χ0v) is 10.7. The molecule has 0 fully saturated rings. The summed E-state index contributed by atoms with van der Waals surface area (Å²) >= 11 is 2.15. The third-order valence-corrected chi connectivity index (χ3v) is 4.06. The van der Waals surface area contributed by atoms with Gasteiger partial charge in [-0.1, -0.05) is 11.3 Å². The summed E-state index contributed by atoms with van der Waals surface area (Å²) in [7, 11) is 0. The van der Waals surface area contributed by atoms with Crippen molar-refractivity contribution >= 4 is 28.2 Å². The molecule has 3 nitrogen and oxygen atoms in total. The van der Waals surface area contributed by atoms with Gasteiger partial charge in [0.2, 0.25) is 10.1 Å². The van der Waals surface area contributed by atoms with Gasteiger partial charge in [-0.3, -0.25) is 0 Å². The van der Waals surface area contributed by atoms with E-state index in [-0.39, 0.29) is 9.88 Å². The monoisotopic (exact) mass is 271 g/mol. The van der Waals surface area contributed by atoms with Crippen LogP contribution in [0.5, 0.6) is 0 Å². The zero-order valence-electron chi connectivity index (χ0n) is 9.05. The molecule has 0 aliphatic carbocycles. The molecule has 1 N–H and O–H groups in total. The number of halogens is 3. The lowest BCUT2D eigenvalue weighted by Gasteiger charge is -2.21. The molecule has 0 bridgehead atoms. The molecule has 0 saturated carbocycles. The Morgan fingerprint density at radius 2 is 1.94 bits per heavy atom. The minimum Gasteiger partial charge on any atom is -0.359 e. The average molecular weight is 271 g/mol. The van der Waals surface area contributed by atoms with Gasteiger partial charge in [0.15, 0.2) is 0 Å². The molecule has 0 atom stereocenters.